The second-order valence-corrected chi connectivity index (χ2v) is 5.58. The maximum atomic E-state index is 5.91. The predicted octanol–water partition coefficient (Wildman–Crippen LogP) is 5.04. The lowest BCUT2D eigenvalue weighted by molar-refractivity contribution is 0.539. The van der Waals surface area contributed by atoms with Crippen LogP contribution in [0.4, 0.5) is 11.4 Å². The number of hydrogen-bond acceptors (Lipinski definition) is 4. The number of nitrogen functional groups attached to an aromatic ring is 2. The fourth-order valence-corrected chi connectivity index (χ4v) is 2.63. The number of benzene rings is 2. The van der Waals surface area contributed by atoms with E-state index in [2.05, 4.69) is 0 Å². The molecule has 4 heteroatoms. The average Bonchev–Trinajstić information content (AvgIpc) is 3.24. The number of nitrogens with two attached hydrogens (primary N) is 2. The Kier molecular flexibility index (Phi) is 3.35. The van der Waals surface area contributed by atoms with Gasteiger partial charge in [0, 0.05) is 22.5 Å². The molecule has 2 aromatic carbocycles. The van der Waals surface area contributed by atoms with Gasteiger partial charge in [-0.2, -0.15) is 0 Å². The molecule has 0 aliphatic rings. The van der Waals surface area contributed by atoms with Crippen LogP contribution in [-0.4, -0.2) is 0 Å². The van der Waals surface area contributed by atoms with Crippen LogP contribution in [0.2, 0.25) is 0 Å². The lowest BCUT2D eigenvalue weighted by atomic mass is 10.1. The molecule has 0 unspecified atom stereocenters. The van der Waals surface area contributed by atoms with E-state index in [1.54, 1.807) is 0 Å². The normalized spacial score (nSPS) is 10.8. The largest absolute Gasteiger partial charge is 0.453 e. The lowest BCUT2D eigenvalue weighted by Crippen LogP contribution is -1.83. The Morgan fingerprint density at radius 1 is 0.500 bits per heavy atom. The SMILES string of the molecule is Nc1cccc(-c2ccc(-c3ccc(-c4cccc(N)c4)o3)o2)c1. The van der Waals surface area contributed by atoms with Crippen molar-refractivity contribution in [1.82, 2.24) is 0 Å². The molecule has 2 heterocycles. The smallest absolute Gasteiger partial charge is 0.170 e. The molecule has 0 saturated carbocycles. The van der Waals surface area contributed by atoms with Crippen molar-refractivity contribution < 1.29 is 8.83 Å². The van der Waals surface area contributed by atoms with Gasteiger partial charge in [-0.15, -0.1) is 0 Å². The Bertz CT molecular complexity index is 916. The molecular formula is C20H16N2O2. The van der Waals surface area contributed by atoms with Gasteiger partial charge >= 0.3 is 0 Å². The summed E-state index contributed by atoms with van der Waals surface area (Å²) in [5.74, 6) is 2.84. The molecule has 4 N–H and O–H groups in total. The third-order valence-electron chi connectivity index (χ3n) is 3.80. The Morgan fingerprint density at radius 3 is 1.33 bits per heavy atom. The van der Waals surface area contributed by atoms with Crippen molar-refractivity contribution in [1.29, 1.82) is 0 Å². The Labute approximate surface area is 139 Å². The van der Waals surface area contributed by atoms with Crippen LogP contribution in [0.1, 0.15) is 0 Å². The minimum absolute atomic E-state index is 0.669. The summed E-state index contributed by atoms with van der Waals surface area (Å²) in [5, 5.41) is 0. The zero-order chi connectivity index (χ0) is 16.5. The molecule has 4 aromatic rings. The molecule has 118 valence electrons. The Balaban J connectivity index is 1.66. The number of hydrogen-bond donors (Lipinski definition) is 2. The van der Waals surface area contributed by atoms with Crippen molar-refractivity contribution >= 4 is 11.4 Å². The monoisotopic (exact) mass is 316 g/mol. The summed E-state index contributed by atoms with van der Waals surface area (Å²) in [6.45, 7) is 0. The summed E-state index contributed by atoms with van der Waals surface area (Å²) >= 11 is 0. The molecule has 0 radical (unpaired) electrons. The maximum Gasteiger partial charge on any atom is 0.170 e. The summed E-state index contributed by atoms with van der Waals surface area (Å²) in [7, 11) is 0. The van der Waals surface area contributed by atoms with E-state index in [1.807, 2.05) is 72.8 Å². The summed E-state index contributed by atoms with van der Waals surface area (Å²) in [5.41, 5.74) is 14.9. The zero-order valence-electron chi connectivity index (χ0n) is 12.9. The van der Waals surface area contributed by atoms with E-state index < -0.39 is 0 Å². The molecular weight excluding hydrogens is 300 g/mol. The highest BCUT2D eigenvalue weighted by molar-refractivity contribution is 5.68. The van der Waals surface area contributed by atoms with Crippen LogP contribution >= 0.6 is 0 Å². The molecule has 0 spiro atoms. The number of furan rings is 2. The van der Waals surface area contributed by atoms with Gasteiger partial charge in [0.15, 0.2) is 11.5 Å². The van der Waals surface area contributed by atoms with Crippen molar-refractivity contribution in [2.24, 2.45) is 0 Å². The van der Waals surface area contributed by atoms with Crippen molar-refractivity contribution in [3.63, 3.8) is 0 Å². The maximum absolute atomic E-state index is 5.91. The van der Waals surface area contributed by atoms with Gasteiger partial charge in [-0.3, -0.25) is 0 Å². The second kappa shape index (κ2) is 5.66. The van der Waals surface area contributed by atoms with E-state index >= 15 is 0 Å². The van der Waals surface area contributed by atoms with Crippen molar-refractivity contribution in [3.8, 4) is 34.2 Å². The van der Waals surface area contributed by atoms with Gasteiger partial charge < -0.3 is 20.3 Å². The van der Waals surface area contributed by atoms with Crippen LogP contribution in [-0.2, 0) is 0 Å². The first-order valence-corrected chi connectivity index (χ1v) is 7.61. The van der Waals surface area contributed by atoms with E-state index in [1.165, 1.54) is 0 Å². The molecule has 0 fully saturated rings. The van der Waals surface area contributed by atoms with Gasteiger partial charge in [0.2, 0.25) is 0 Å². The van der Waals surface area contributed by atoms with E-state index in [4.69, 9.17) is 20.3 Å². The second-order valence-electron chi connectivity index (χ2n) is 5.58. The summed E-state index contributed by atoms with van der Waals surface area (Å²) in [4.78, 5) is 0. The first kappa shape index (κ1) is 14.2. The quantitative estimate of drug-likeness (QED) is 0.519. The fraction of sp³-hybridized carbons (Fsp3) is 0. The van der Waals surface area contributed by atoms with E-state index in [0.29, 0.717) is 22.9 Å². The fourth-order valence-electron chi connectivity index (χ4n) is 2.63. The Hall–Kier alpha value is -3.40. The van der Waals surface area contributed by atoms with E-state index in [-0.39, 0.29) is 0 Å². The van der Waals surface area contributed by atoms with E-state index in [0.717, 1.165) is 22.6 Å². The van der Waals surface area contributed by atoms with Crippen LogP contribution in [0, 0.1) is 0 Å². The van der Waals surface area contributed by atoms with Crippen LogP contribution in [0.15, 0.2) is 81.6 Å². The van der Waals surface area contributed by atoms with Crippen molar-refractivity contribution in [3.05, 3.63) is 72.8 Å². The van der Waals surface area contributed by atoms with Gasteiger partial charge in [-0.05, 0) is 48.5 Å². The highest BCUT2D eigenvalue weighted by Gasteiger charge is 2.12. The van der Waals surface area contributed by atoms with Crippen LogP contribution in [0.3, 0.4) is 0 Å². The highest BCUT2D eigenvalue weighted by atomic mass is 16.4. The zero-order valence-corrected chi connectivity index (χ0v) is 12.9. The van der Waals surface area contributed by atoms with Gasteiger partial charge in [-0.1, -0.05) is 24.3 Å². The standard InChI is InChI=1S/C20H16N2O2/c21-15-5-1-3-13(11-15)17-7-9-19(23-17)20-10-8-18(24-20)14-4-2-6-16(22)12-14/h1-12H,21-22H2. The minimum Gasteiger partial charge on any atom is -0.453 e. The molecule has 0 aliphatic heterocycles. The molecule has 0 saturated heterocycles. The average molecular weight is 316 g/mol. The predicted molar refractivity (Wildman–Crippen MR) is 96.1 cm³/mol. The van der Waals surface area contributed by atoms with Gasteiger partial charge in [0.1, 0.15) is 11.5 Å². The van der Waals surface area contributed by atoms with Gasteiger partial charge in [0.05, 0.1) is 0 Å². The van der Waals surface area contributed by atoms with Crippen LogP contribution in [0.25, 0.3) is 34.2 Å². The molecule has 2 aromatic heterocycles. The highest BCUT2D eigenvalue weighted by Crippen LogP contribution is 2.33. The molecule has 24 heavy (non-hydrogen) atoms. The lowest BCUT2D eigenvalue weighted by Gasteiger charge is -1.99. The number of rotatable bonds is 3. The molecule has 0 aliphatic carbocycles. The Morgan fingerprint density at radius 2 is 0.917 bits per heavy atom. The van der Waals surface area contributed by atoms with E-state index in [9.17, 15) is 0 Å². The van der Waals surface area contributed by atoms with Gasteiger partial charge in [0.25, 0.3) is 0 Å². The van der Waals surface area contributed by atoms with Crippen LogP contribution < -0.4 is 11.5 Å². The molecule has 0 bridgehead atoms. The minimum atomic E-state index is 0.669. The molecule has 0 atom stereocenters. The summed E-state index contributed by atoms with van der Waals surface area (Å²) in [6.07, 6.45) is 0. The molecule has 4 nitrogen and oxygen atoms in total. The van der Waals surface area contributed by atoms with Gasteiger partial charge in [-0.25, -0.2) is 0 Å². The first-order chi connectivity index (χ1) is 11.7. The van der Waals surface area contributed by atoms with Crippen molar-refractivity contribution in [2.45, 2.75) is 0 Å². The number of anilines is 2. The molecule has 4 rings (SSSR count). The summed E-state index contributed by atoms with van der Waals surface area (Å²) in [6, 6.07) is 22.8. The van der Waals surface area contributed by atoms with Crippen LogP contribution in [0.5, 0.6) is 0 Å². The molecule has 0 amide bonds. The topological polar surface area (TPSA) is 78.3 Å². The third-order valence-corrected chi connectivity index (χ3v) is 3.80. The first-order valence-electron chi connectivity index (χ1n) is 7.61. The van der Waals surface area contributed by atoms with Crippen molar-refractivity contribution in [2.75, 3.05) is 11.5 Å². The third kappa shape index (κ3) is 2.65. The summed E-state index contributed by atoms with van der Waals surface area (Å²) < 4.78 is 11.8.